The molecule has 0 aliphatic carbocycles. The summed E-state index contributed by atoms with van der Waals surface area (Å²) in [5, 5.41) is 2.99. The maximum atomic E-state index is 13.1. The van der Waals surface area contributed by atoms with Gasteiger partial charge in [0.2, 0.25) is 6.79 Å². The molecule has 0 unspecified atom stereocenters. The second-order valence-corrected chi connectivity index (χ2v) is 6.51. The van der Waals surface area contributed by atoms with Crippen molar-refractivity contribution in [2.75, 3.05) is 18.7 Å². The van der Waals surface area contributed by atoms with E-state index < -0.39 is 0 Å². The van der Waals surface area contributed by atoms with E-state index in [2.05, 4.69) is 20.9 Å². The van der Waals surface area contributed by atoms with Crippen LogP contribution in [0.3, 0.4) is 0 Å². The minimum absolute atomic E-state index is 0.157. The SMILES string of the molecule is O=C(Nc1ccc2c(c1)OCO2)N1CCn2cccc2[C@@H]1c1cccnc1. The summed E-state index contributed by atoms with van der Waals surface area (Å²) in [6, 6.07) is 13.0. The van der Waals surface area contributed by atoms with Gasteiger partial charge in [0.25, 0.3) is 0 Å². The van der Waals surface area contributed by atoms with Crippen molar-refractivity contribution in [3.05, 3.63) is 72.3 Å². The molecule has 2 aliphatic rings. The van der Waals surface area contributed by atoms with E-state index in [-0.39, 0.29) is 18.9 Å². The number of carbonyl (C=O) groups is 1. The van der Waals surface area contributed by atoms with E-state index in [9.17, 15) is 4.79 Å². The molecule has 0 spiro atoms. The van der Waals surface area contributed by atoms with Gasteiger partial charge in [-0.05, 0) is 35.9 Å². The molecule has 1 N–H and O–H groups in total. The number of aromatic nitrogens is 2. The molecular formula is C20H18N4O3. The number of urea groups is 1. The van der Waals surface area contributed by atoms with Crippen LogP contribution in [0, 0.1) is 0 Å². The molecule has 0 bridgehead atoms. The van der Waals surface area contributed by atoms with Crippen molar-refractivity contribution in [2.45, 2.75) is 12.6 Å². The number of ether oxygens (including phenoxy) is 2. The zero-order valence-corrected chi connectivity index (χ0v) is 14.5. The van der Waals surface area contributed by atoms with Crippen molar-refractivity contribution in [3.63, 3.8) is 0 Å². The molecule has 2 amide bonds. The van der Waals surface area contributed by atoms with Crippen LogP contribution in [0.5, 0.6) is 11.5 Å². The van der Waals surface area contributed by atoms with E-state index in [4.69, 9.17) is 9.47 Å². The fourth-order valence-corrected chi connectivity index (χ4v) is 3.66. The third-order valence-electron chi connectivity index (χ3n) is 4.92. The molecule has 0 saturated heterocycles. The molecule has 5 rings (SSSR count). The van der Waals surface area contributed by atoms with Gasteiger partial charge >= 0.3 is 6.03 Å². The highest BCUT2D eigenvalue weighted by atomic mass is 16.7. The Bertz CT molecular complexity index is 986. The Labute approximate surface area is 156 Å². The number of fused-ring (bicyclic) bond motifs is 2. The molecule has 3 aromatic rings. The van der Waals surface area contributed by atoms with Gasteiger partial charge in [-0.1, -0.05) is 6.07 Å². The van der Waals surface area contributed by atoms with Crippen molar-refractivity contribution in [2.24, 2.45) is 0 Å². The average Bonchev–Trinajstić information content (AvgIpc) is 3.36. The van der Waals surface area contributed by atoms with Gasteiger partial charge in [-0.3, -0.25) is 4.98 Å². The second-order valence-electron chi connectivity index (χ2n) is 6.51. The summed E-state index contributed by atoms with van der Waals surface area (Å²) in [6.45, 7) is 1.57. The Morgan fingerprint density at radius 3 is 2.93 bits per heavy atom. The molecule has 136 valence electrons. The first-order valence-corrected chi connectivity index (χ1v) is 8.82. The van der Waals surface area contributed by atoms with Crippen LogP contribution in [0.4, 0.5) is 10.5 Å². The molecule has 0 fully saturated rings. The van der Waals surface area contributed by atoms with E-state index >= 15 is 0 Å². The van der Waals surface area contributed by atoms with E-state index in [0.29, 0.717) is 23.7 Å². The summed E-state index contributed by atoms with van der Waals surface area (Å²) in [4.78, 5) is 19.2. The van der Waals surface area contributed by atoms with E-state index in [1.54, 1.807) is 18.3 Å². The van der Waals surface area contributed by atoms with Gasteiger partial charge in [-0.25, -0.2) is 4.79 Å². The van der Waals surface area contributed by atoms with Crippen LogP contribution in [-0.2, 0) is 6.54 Å². The topological polar surface area (TPSA) is 68.6 Å². The van der Waals surface area contributed by atoms with Gasteiger partial charge in [0.1, 0.15) is 6.04 Å². The molecule has 1 aromatic carbocycles. The zero-order valence-electron chi connectivity index (χ0n) is 14.5. The minimum atomic E-state index is -0.184. The molecule has 2 aliphatic heterocycles. The van der Waals surface area contributed by atoms with Crippen molar-refractivity contribution in [1.29, 1.82) is 0 Å². The number of nitrogens with one attached hydrogen (secondary N) is 1. The molecule has 0 saturated carbocycles. The summed E-state index contributed by atoms with van der Waals surface area (Å²) < 4.78 is 12.9. The first kappa shape index (κ1) is 15.7. The molecule has 27 heavy (non-hydrogen) atoms. The Kier molecular flexibility index (Phi) is 3.71. The lowest BCUT2D eigenvalue weighted by Crippen LogP contribution is -2.44. The number of nitrogens with zero attached hydrogens (tertiary/aromatic N) is 3. The first-order chi connectivity index (χ1) is 13.3. The van der Waals surface area contributed by atoms with Gasteiger partial charge in [0.15, 0.2) is 11.5 Å². The first-order valence-electron chi connectivity index (χ1n) is 8.82. The average molecular weight is 362 g/mol. The number of amides is 2. The molecule has 7 heteroatoms. The fraction of sp³-hybridized carbons (Fsp3) is 0.200. The lowest BCUT2D eigenvalue weighted by Gasteiger charge is -2.37. The molecule has 1 atom stereocenters. The van der Waals surface area contributed by atoms with Crippen LogP contribution in [0.1, 0.15) is 17.3 Å². The Morgan fingerprint density at radius 2 is 2.04 bits per heavy atom. The van der Waals surface area contributed by atoms with Crippen LogP contribution in [0.15, 0.2) is 61.1 Å². The van der Waals surface area contributed by atoms with E-state index in [0.717, 1.165) is 17.8 Å². The Morgan fingerprint density at radius 1 is 1.11 bits per heavy atom. The zero-order chi connectivity index (χ0) is 18.2. The quantitative estimate of drug-likeness (QED) is 0.760. The highest BCUT2D eigenvalue weighted by Crippen LogP contribution is 2.35. The normalized spacial score (nSPS) is 17.5. The maximum absolute atomic E-state index is 13.1. The molecule has 4 heterocycles. The van der Waals surface area contributed by atoms with Gasteiger partial charge in [-0.2, -0.15) is 0 Å². The van der Waals surface area contributed by atoms with Gasteiger partial charge in [0.05, 0.1) is 0 Å². The van der Waals surface area contributed by atoms with Crippen molar-refractivity contribution >= 4 is 11.7 Å². The maximum Gasteiger partial charge on any atom is 0.322 e. The third-order valence-corrected chi connectivity index (χ3v) is 4.92. The summed E-state index contributed by atoms with van der Waals surface area (Å²) in [7, 11) is 0. The number of rotatable bonds is 2. The van der Waals surface area contributed by atoms with Crippen molar-refractivity contribution in [1.82, 2.24) is 14.5 Å². The number of carbonyl (C=O) groups excluding carboxylic acids is 1. The lowest BCUT2D eigenvalue weighted by atomic mass is 10.0. The Hall–Kier alpha value is -3.48. The molecule has 7 nitrogen and oxygen atoms in total. The van der Waals surface area contributed by atoms with E-state index in [1.165, 1.54) is 0 Å². The van der Waals surface area contributed by atoms with Crippen LogP contribution < -0.4 is 14.8 Å². The van der Waals surface area contributed by atoms with Gasteiger partial charge in [-0.15, -0.1) is 0 Å². The number of pyridine rings is 1. The smallest absolute Gasteiger partial charge is 0.322 e. The second kappa shape index (κ2) is 6.35. The minimum Gasteiger partial charge on any atom is -0.454 e. The summed E-state index contributed by atoms with van der Waals surface area (Å²) in [6.07, 6.45) is 5.60. The Balaban J connectivity index is 1.45. The van der Waals surface area contributed by atoms with E-state index in [1.807, 2.05) is 41.6 Å². The van der Waals surface area contributed by atoms with Crippen LogP contribution >= 0.6 is 0 Å². The van der Waals surface area contributed by atoms with Crippen molar-refractivity contribution < 1.29 is 14.3 Å². The van der Waals surface area contributed by atoms with Crippen LogP contribution in [0.25, 0.3) is 0 Å². The van der Waals surface area contributed by atoms with Gasteiger partial charge < -0.3 is 24.3 Å². The summed E-state index contributed by atoms with van der Waals surface area (Å²) in [5.74, 6) is 1.33. The fourth-order valence-electron chi connectivity index (χ4n) is 3.66. The van der Waals surface area contributed by atoms with Crippen LogP contribution in [0.2, 0.25) is 0 Å². The highest BCUT2D eigenvalue weighted by molar-refractivity contribution is 5.90. The molecule has 0 radical (unpaired) electrons. The summed E-state index contributed by atoms with van der Waals surface area (Å²) >= 11 is 0. The molecular weight excluding hydrogens is 344 g/mol. The number of anilines is 1. The summed E-state index contributed by atoms with van der Waals surface area (Å²) in [5.41, 5.74) is 2.74. The standard InChI is InChI=1S/C20H18N4O3/c25-20(22-15-5-6-17-18(11-15)27-13-26-17)24-10-9-23-8-2-4-16(23)19(24)14-3-1-7-21-12-14/h1-8,11-12,19H,9-10,13H2,(H,22,25)/t19-/m0/s1. The predicted octanol–water partition coefficient (Wildman–Crippen LogP) is 3.25. The number of benzene rings is 1. The number of hydrogen-bond acceptors (Lipinski definition) is 4. The number of hydrogen-bond donors (Lipinski definition) is 1. The largest absolute Gasteiger partial charge is 0.454 e. The van der Waals surface area contributed by atoms with Crippen molar-refractivity contribution in [3.8, 4) is 11.5 Å². The van der Waals surface area contributed by atoms with Gasteiger partial charge in [0, 0.05) is 49.1 Å². The third kappa shape index (κ3) is 2.77. The highest BCUT2D eigenvalue weighted by Gasteiger charge is 2.32. The molecule has 2 aromatic heterocycles. The lowest BCUT2D eigenvalue weighted by molar-refractivity contribution is 0.174. The monoisotopic (exact) mass is 362 g/mol. The van der Waals surface area contributed by atoms with Crippen LogP contribution in [-0.4, -0.2) is 33.8 Å². The predicted molar refractivity (Wildman–Crippen MR) is 98.8 cm³/mol.